The van der Waals surface area contributed by atoms with Gasteiger partial charge in [0.2, 0.25) is 0 Å². The first-order chi connectivity index (χ1) is 3.79. The second-order valence-electron chi connectivity index (χ2n) is 3.02. The van der Waals surface area contributed by atoms with Crippen LogP contribution in [0.1, 0.15) is 32.6 Å². The van der Waals surface area contributed by atoms with Crippen molar-refractivity contribution in [3.8, 4) is 0 Å². The molecule has 0 aromatic heterocycles. The van der Waals surface area contributed by atoms with E-state index in [0.29, 0.717) is 0 Å². The Hall–Kier alpha value is 0.392. The van der Waals surface area contributed by atoms with Crippen LogP contribution in [0.25, 0.3) is 0 Å². The molecule has 0 heterocycles. The van der Waals surface area contributed by atoms with Crippen LogP contribution in [0.3, 0.4) is 0 Å². The van der Waals surface area contributed by atoms with Crippen molar-refractivity contribution in [2.24, 2.45) is 5.92 Å². The fraction of sp³-hybridized carbons (Fsp3) is 1.00. The Bertz CT molecular complexity index is 60.0. The number of hydrogen-bond acceptors (Lipinski definition) is 0. The normalized spacial score (nSPS) is 31.9. The van der Waals surface area contributed by atoms with Crippen LogP contribution in [0.5, 0.6) is 0 Å². The fourth-order valence-electron chi connectivity index (χ4n) is 1.29. The Kier molecular flexibility index (Phi) is 7.97. The van der Waals surface area contributed by atoms with Crippen molar-refractivity contribution in [2.45, 2.75) is 37.4 Å². The average molecular weight is 162 g/mol. The van der Waals surface area contributed by atoms with Crippen molar-refractivity contribution < 1.29 is 9.41 Å². The summed E-state index contributed by atoms with van der Waals surface area (Å²) in [5.41, 5.74) is 0. The maximum absolute atomic E-state index is 2.92. The molecule has 58 valence electrons. The van der Waals surface area contributed by atoms with Crippen molar-refractivity contribution in [2.75, 3.05) is 0 Å². The maximum atomic E-state index is 2.92. The molecule has 0 atom stereocenters. The molecule has 0 nitrogen and oxygen atoms in total. The van der Waals surface area contributed by atoms with E-state index in [2.05, 4.69) is 23.2 Å². The van der Waals surface area contributed by atoms with Gasteiger partial charge in [-0.2, -0.15) is 0 Å². The molecule has 1 aliphatic carbocycles. The smallest absolute Gasteiger partial charge is 1.00 e. The summed E-state index contributed by atoms with van der Waals surface area (Å²) in [6.45, 7) is 2.36. The van der Waals surface area contributed by atoms with Crippen LogP contribution in [0, 0.1) is 5.92 Å². The van der Waals surface area contributed by atoms with Gasteiger partial charge in [-0.3, -0.25) is 0 Å². The number of rotatable bonds is 0. The number of halogens is 2. The van der Waals surface area contributed by atoms with E-state index in [9.17, 15) is 0 Å². The molecule has 1 saturated carbocycles. The third kappa shape index (κ3) is 4.25. The summed E-state index contributed by atoms with van der Waals surface area (Å²) in [5.74, 6) is 1.01. The Morgan fingerprint density at radius 3 is 1.70 bits per heavy atom. The molecule has 0 aromatic carbocycles. The molecule has 1 rings (SSSR count). The van der Waals surface area contributed by atoms with E-state index in [4.69, 9.17) is 0 Å². The van der Waals surface area contributed by atoms with Gasteiger partial charge in [0.05, 0.1) is 0 Å². The van der Waals surface area contributed by atoms with E-state index >= 15 is 0 Å². The summed E-state index contributed by atoms with van der Waals surface area (Å²) < 4.78 is 0.936. The molecule has 0 radical (unpaired) electrons. The van der Waals surface area contributed by atoms with Gasteiger partial charge in [-0.15, -0.1) is 0 Å². The van der Waals surface area contributed by atoms with Crippen LogP contribution < -0.4 is 9.41 Å². The van der Waals surface area contributed by atoms with Crippen molar-refractivity contribution in [1.29, 1.82) is 0 Å². The Morgan fingerprint density at radius 2 is 1.40 bits per heavy atom. The first kappa shape index (κ1) is 13.0. The standard InChI is InChI=1S/C7H13.Al.2FH/c1-7-5-3-2-4-6-7;;;/h2,7H,3-6H2,1H3;;2*1H/q;+2;;/p-2. The predicted molar refractivity (Wildman–Crippen MR) is 37.1 cm³/mol. The van der Waals surface area contributed by atoms with Crippen LogP contribution in [-0.2, 0) is 0 Å². The zero-order valence-corrected chi connectivity index (χ0v) is 7.47. The second kappa shape index (κ2) is 6.13. The largest absolute Gasteiger partial charge is 1.00 e. The van der Waals surface area contributed by atoms with E-state index in [1.807, 2.05) is 0 Å². The van der Waals surface area contributed by atoms with Crippen molar-refractivity contribution in [3.05, 3.63) is 0 Å². The van der Waals surface area contributed by atoms with Gasteiger partial charge in [-0.25, -0.2) is 0 Å². The van der Waals surface area contributed by atoms with E-state index in [-0.39, 0.29) is 9.41 Å². The summed E-state index contributed by atoms with van der Waals surface area (Å²) in [7, 11) is 0. The van der Waals surface area contributed by atoms with Gasteiger partial charge in [-0.05, 0) is 0 Å². The van der Waals surface area contributed by atoms with Crippen LogP contribution >= 0.6 is 0 Å². The minimum Gasteiger partial charge on any atom is -1.00 e. The van der Waals surface area contributed by atoms with Gasteiger partial charge in [0.15, 0.2) is 0 Å². The van der Waals surface area contributed by atoms with Crippen LogP contribution in [-0.4, -0.2) is 16.3 Å². The first-order valence-electron chi connectivity index (χ1n) is 3.54. The summed E-state index contributed by atoms with van der Waals surface area (Å²) in [4.78, 5) is 0. The molecule has 1 fully saturated rings. The molecule has 0 N–H and O–H groups in total. The van der Waals surface area contributed by atoms with E-state index in [1.165, 1.54) is 25.7 Å². The van der Waals surface area contributed by atoms with Gasteiger partial charge in [0.25, 0.3) is 0 Å². The summed E-state index contributed by atoms with van der Waals surface area (Å²) in [5, 5.41) is 0. The molecular weight excluding hydrogens is 149 g/mol. The monoisotopic (exact) mass is 162 g/mol. The minimum absolute atomic E-state index is 0. The molecule has 0 saturated heterocycles. The molecule has 0 aliphatic heterocycles. The van der Waals surface area contributed by atoms with E-state index in [0.717, 1.165) is 10.7 Å². The van der Waals surface area contributed by atoms with Gasteiger partial charge in [0, 0.05) is 0 Å². The van der Waals surface area contributed by atoms with Crippen molar-refractivity contribution in [3.63, 3.8) is 0 Å². The van der Waals surface area contributed by atoms with Gasteiger partial charge in [-0.1, -0.05) is 0 Å². The topological polar surface area (TPSA) is 0 Å². The van der Waals surface area contributed by atoms with E-state index in [1.54, 1.807) is 0 Å². The van der Waals surface area contributed by atoms with Crippen molar-refractivity contribution in [1.82, 2.24) is 0 Å². The summed E-state index contributed by atoms with van der Waals surface area (Å²) in [6.07, 6.45) is 5.78. The predicted octanol–water partition coefficient (Wildman–Crippen LogP) is -3.84. The Balaban J connectivity index is 0. The third-order valence-corrected chi connectivity index (χ3v) is 2.73. The van der Waals surface area contributed by atoms with E-state index < -0.39 is 0 Å². The molecule has 3 heteroatoms. The summed E-state index contributed by atoms with van der Waals surface area (Å²) >= 11 is 2.92. The van der Waals surface area contributed by atoms with Gasteiger partial charge < -0.3 is 9.41 Å². The quantitative estimate of drug-likeness (QED) is 0.320. The maximum Gasteiger partial charge on any atom is -1.00 e. The fourth-order valence-corrected chi connectivity index (χ4v) is 1.67. The second-order valence-corrected chi connectivity index (χ2v) is 3.96. The Labute approximate surface area is 69.5 Å². The average Bonchev–Trinajstić information content (AvgIpc) is 1.77. The molecule has 0 bridgehead atoms. The van der Waals surface area contributed by atoms with Crippen molar-refractivity contribution >= 4 is 16.3 Å². The number of hydrogen-bond donors (Lipinski definition) is 0. The molecule has 10 heavy (non-hydrogen) atoms. The SMILES string of the molecule is CC1CC[CH]([Al+2])CC1.[F-].[F-]. The van der Waals surface area contributed by atoms with Crippen LogP contribution in [0.15, 0.2) is 0 Å². The molecule has 0 spiro atoms. The minimum atomic E-state index is 0. The Morgan fingerprint density at radius 1 is 1.00 bits per heavy atom. The van der Waals surface area contributed by atoms with Crippen LogP contribution in [0.2, 0.25) is 4.78 Å². The molecule has 0 amide bonds. The molecule has 0 aromatic rings. The molecule has 1 aliphatic rings. The molecule has 0 unspecified atom stereocenters. The van der Waals surface area contributed by atoms with Crippen LogP contribution in [0.4, 0.5) is 0 Å². The molecular formula is C7H13AlF2. The van der Waals surface area contributed by atoms with Gasteiger partial charge in [0.1, 0.15) is 0 Å². The zero-order chi connectivity index (χ0) is 5.98. The third-order valence-electron chi connectivity index (χ3n) is 2.06. The summed E-state index contributed by atoms with van der Waals surface area (Å²) in [6, 6.07) is 0. The zero-order valence-electron chi connectivity index (χ0n) is 6.32. The first-order valence-corrected chi connectivity index (χ1v) is 4.21. The van der Waals surface area contributed by atoms with Gasteiger partial charge >= 0.3 is 59.6 Å².